The van der Waals surface area contributed by atoms with Gasteiger partial charge in [-0.05, 0) is 44.2 Å². The molecule has 1 saturated carbocycles. The molecule has 3 unspecified atom stereocenters. The number of aliphatic hydroxyl groups is 1. The van der Waals surface area contributed by atoms with Gasteiger partial charge in [0.2, 0.25) is 0 Å². The molecule has 1 aromatic carbocycles. The lowest BCUT2D eigenvalue weighted by molar-refractivity contribution is 0.0685. The van der Waals surface area contributed by atoms with E-state index in [9.17, 15) is 5.11 Å². The molecule has 2 rings (SSSR count). The van der Waals surface area contributed by atoms with E-state index in [0.717, 1.165) is 29.7 Å². The van der Waals surface area contributed by atoms with E-state index in [1.54, 1.807) is 7.11 Å². The summed E-state index contributed by atoms with van der Waals surface area (Å²) in [6.45, 7) is 4.89. The van der Waals surface area contributed by atoms with Gasteiger partial charge in [-0.25, -0.2) is 0 Å². The summed E-state index contributed by atoms with van der Waals surface area (Å²) in [5.41, 5.74) is 2.20. The zero-order chi connectivity index (χ0) is 15.2. The van der Waals surface area contributed by atoms with E-state index >= 15 is 0 Å². The number of aliphatic hydroxyl groups excluding tert-OH is 1. The molecular formula is C17H27NO3. The average molecular weight is 293 g/mol. The lowest BCUT2D eigenvalue weighted by Crippen LogP contribution is -2.42. The molecule has 1 fully saturated rings. The summed E-state index contributed by atoms with van der Waals surface area (Å²) in [7, 11) is 1.76. The van der Waals surface area contributed by atoms with Crippen molar-refractivity contribution in [3.05, 3.63) is 29.3 Å². The summed E-state index contributed by atoms with van der Waals surface area (Å²) in [5.74, 6) is 0.882. The number of nitrogens with one attached hydrogen (secondary N) is 1. The quantitative estimate of drug-likeness (QED) is 0.809. The Morgan fingerprint density at radius 1 is 1.29 bits per heavy atom. The minimum atomic E-state index is -0.512. The Balaban J connectivity index is 1.76. The molecule has 0 aliphatic heterocycles. The Kier molecular flexibility index (Phi) is 6.03. The third-order valence-corrected chi connectivity index (χ3v) is 4.20. The van der Waals surface area contributed by atoms with Gasteiger partial charge in [0.25, 0.3) is 0 Å². The van der Waals surface area contributed by atoms with Gasteiger partial charge in [-0.2, -0.15) is 0 Å². The molecule has 0 radical (unpaired) electrons. The molecule has 0 saturated heterocycles. The Hall–Kier alpha value is -1.10. The Morgan fingerprint density at radius 2 is 2.00 bits per heavy atom. The van der Waals surface area contributed by atoms with Crippen LogP contribution in [-0.2, 0) is 4.74 Å². The topological polar surface area (TPSA) is 50.7 Å². The molecule has 0 heterocycles. The highest BCUT2D eigenvalue weighted by Crippen LogP contribution is 2.23. The normalized spacial score (nSPS) is 23.2. The van der Waals surface area contributed by atoms with Gasteiger partial charge < -0.3 is 19.9 Å². The predicted molar refractivity (Wildman–Crippen MR) is 83.9 cm³/mol. The van der Waals surface area contributed by atoms with Gasteiger partial charge in [0, 0.05) is 19.7 Å². The monoisotopic (exact) mass is 293 g/mol. The van der Waals surface area contributed by atoms with Crippen LogP contribution in [0.4, 0.5) is 0 Å². The van der Waals surface area contributed by atoms with E-state index < -0.39 is 6.10 Å². The van der Waals surface area contributed by atoms with E-state index in [-0.39, 0.29) is 6.10 Å². The highest BCUT2D eigenvalue weighted by atomic mass is 16.5. The van der Waals surface area contributed by atoms with Crippen molar-refractivity contribution in [3.8, 4) is 5.75 Å². The Bertz CT molecular complexity index is 429. The van der Waals surface area contributed by atoms with Crippen LogP contribution in [0.15, 0.2) is 18.2 Å². The second kappa shape index (κ2) is 7.78. The number of rotatable bonds is 7. The average Bonchev–Trinajstić information content (AvgIpc) is 2.92. The second-order valence-corrected chi connectivity index (χ2v) is 5.91. The first-order valence-corrected chi connectivity index (χ1v) is 7.75. The first-order valence-electron chi connectivity index (χ1n) is 7.75. The number of hydrogen-bond acceptors (Lipinski definition) is 4. The largest absolute Gasteiger partial charge is 0.490 e. The first kappa shape index (κ1) is 16.3. The molecule has 0 bridgehead atoms. The predicted octanol–water partition coefficient (Wildman–Crippen LogP) is 2.20. The van der Waals surface area contributed by atoms with Crippen molar-refractivity contribution in [1.29, 1.82) is 0 Å². The van der Waals surface area contributed by atoms with E-state index in [1.165, 1.54) is 6.42 Å². The molecule has 4 nitrogen and oxygen atoms in total. The fourth-order valence-corrected chi connectivity index (χ4v) is 2.99. The maximum atomic E-state index is 10.1. The molecule has 0 spiro atoms. The maximum Gasteiger partial charge on any atom is 0.125 e. The minimum absolute atomic E-state index is 0.275. The van der Waals surface area contributed by atoms with Gasteiger partial charge in [0.15, 0.2) is 0 Å². The Labute approximate surface area is 127 Å². The van der Waals surface area contributed by atoms with Crippen LogP contribution in [-0.4, -0.2) is 43.6 Å². The molecule has 0 aromatic heterocycles. The third kappa shape index (κ3) is 4.43. The summed E-state index contributed by atoms with van der Waals surface area (Å²) >= 11 is 0. The van der Waals surface area contributed by atoms with Crippen LogP contribution in [0.2, 0.25) is 0 Å². The van der Waals surface area contributed by atoms with E-state index in [1.807, 2.05) is 32.0 Å². The minimum Gasteiger partial charge on any atom is -0.490 e. The molecule has 1 aromatic rings. The van der Waals surface area contributed by atoms with E-state index in [0.29, 0.717) is 19.2 Å². The zero-order valence-corrected chi connectivity index (χ0v) is 13.3. The van der Waals surface area contributed by atoms with Gasteiger partial charge in [-0.15, -0.1) is 0 Å². The summed E-state index contributed by atoms with van der Waals surface area (Å²) in [5, 5.41) is 13.5. The van der Waals surface area contributed by atoms with E-state index in [4.69, 9.17) is 9.47 Å². The number of methoxy groups -OCH3 is 1. The second-order valence-electron chi connectivity index (χ2n) is 5.91. The highest BCUT2D eigenvalue weighted by molar-refractivity contribution is 5.39. The molecule has 118 valence electrons. The van der Waals surface area contributed by atoms with E-state index in [2.05, 4.69) is 5.32 Å². The highest BCUT2D eigenvalue weighted by Gasteiger charge is 2.27. The van der Waals surface area contributed by atoms with Crippen LogP contribution >= 0.6 is 0 Å². The zero-order valence-electron chi connectivity index (χ0n) is 13.3. The number of para-hydroxylation sites is 1. The molecule has 1 aliphatic carbocycles. The lowest BCUT2D eigenvalue weighted by atomic mass is 10.1. The molecule has 1 aliphatic rings. The van der Waals surface area contributed by atoms with Crippen LogP contribution in [0.1, 0.15) is 30.4 Å². The summed E-state index contributed by atoms with van der Waals surface area (Å²) in [6, 6.07) is 6.41. The molecule has 21 heavy (non-hydrogen) atoms. The first-order chi connectivity index (χ1) is 10.1. The van der Waals surface area contributed by atoms with Crippen LogP contribution in [0.5, 0.6) is 5.75 Å². The van der Waals surface area contributed by atoms with Crippen molar-refractivity contribution >= 4 is 0 Å². The van der Waals surface area contributed by atoms with Crippen molar-refractivity contribution in [1.82, 2.24) is 5.32 Å². The summed E-state index contributed by atoms with van der Waals surface area (Å²) < 4.78 is 11.2. The third-order valence-electron chi connectivity index (χ3n) is 4.20. The van der Waals surface area contributed by atoms with Gasteiger partial charge in [-0.1, -0.05) is 18.2 Å². The number of aryl methyl sites for hydroxylation is 2. The summed E-state index contributed by atoms with van der Waals surface area (Å²) in [6.07, 6.45) is 3.16. The number of benzene rings is 1. The fraction of sp³-hybridized carbons (Fsp3) is 0.647. The van der Waals surface area contributed by atoms with Crippen LogP contribution in [0, 0.1) is 13.8 Å². The van der Waals surface area contributed by atoms with Gasteiger partial charge in [0.05, 0.1) is 6.10 Å². The fourth-order valence-electron chi connectivity index (χ4n) is 2.99. The van der Waals surface area contributed by atoms with Crippen LogP contribution in [0.3, 0.4) is 0 Å². The van der Waals surface area contributed by atoms with Crippen molar-refractivity contribution in [2.75, 3.05) is 20.3 Å². The standard InChI is InChI=1S/C17H27NO3/c1-12-6-4-7-13(2)17(12)21-11-14(19)10-18-15-8-5-9-16(15)20-3/h4,6-7,14-16,18-19H,5,8-11H2,1-3H3. The van der Waals surface area contributed by atoms with Crippen molar-refractivity contribution in [2.24, 2.45) is 0 Å². The smallest absolute Gasteiger partial charge is 0.125 e. The number of ether oxygens (including phenoxy) is 2. The molecule has 2 N–H and O–H groups in total. The van der Waals surface area contributed by atoms with Crippen molar-refractivity contribution in [2.45, 2.75) is 51.4 Å². The maximum absolute atomic E-state index is 10.1. The lowest BCUT2D eigenvalue weighted by Gasteiger charge is -2.22. The van der Waals surface area contributed by atoms with Gasteiger partial charge >= 0.3 is 0 Å². The Morgan fingerprint density at radius 3 is 2.67 bits per heavy atom. The number of hydrogen-bond donors (Lipinski definition) is 2. The van der Waals surface area contributed by atoms with Crippen LogP contribution < -0.4 is 10.1 Å². The van der Waals surface area contributed by atoms with Crippen LogP contribution in [0.25, 0.3) is 0 Å². The van der Waals surface area contributed by atoms with Crippen molar-refractivity contribution in [3.63, 3.8) is 0 Å². The molecule has 0 amide bonds. The van der Waals surface area contributed by atoms with Gasteiger partial charge in [-0.3, -0.25) is 0 Å². The molecular weight excluding hydrogens is 266 g/mol. The van der Waals surface area contributed by atoms with Gasteiger partial charge in [0.1, 0.15) is 18.5 Å². The SMILES string of the molecule is COC1CCCC1NCC(O)COc1c(C)cccc1C. The molecule has 4 heteroatoms. The molecule has 3 atom stereocenters. The summed E-state index contributed by atoms with van der Waals surface area (Å²) in [4.78, 5) is 0. The van der Waals surface area contributed by atoms with Crippen molar-refractivity contribution < 1.29 is 14.6 Å².